The minimum absolute atomic E-state index is 0.000448. The minimum Gasteiger partial charge on any atom is -0.452 e. The van der Waals surface area contributed by atoms with Gasteiger partial charge in [-0.15, -0.1) is 0 Å². The molecule has 0 atom stereocenters. The van der Waals surface area contributed by atoms with Gasteiger partial charge in [0.25, 0.3) is 5.69 Å². The highest BCUT2D eigenvalue weighted by molar-refractivity contribution is 5.91. The van der Waals surface area contributed by atoms with Crippen LogP contribution >= 0.6 is 0 Å². The number of aryl methyl sites for hydroxylation is 1. The summed E-state index contributed by atoms with van der Waals surface area (Å²) in [5, 5.41) is 11.3. The Morgan fingerprint density at radius 2 is 2.12 bits per heavy atom. The topological polar surface area (TPSA) is 74.4 Å². The van der Waals surface area contributed by atoms with Gasteiger partial charge >= 0.3 is 6.09 Å². The van der Waals surface area contributed by atoms with Gasteiger partial charge in [0.1, 0.15) is 0 Å². The van der Waals surface area contributed by atoms with Gasteiger partial charge in [0, 0.05) is 23.2 Å². The quantitative estimate of drug-likeness (QED) is 0.561. The summed E-state index contributed by atoms with van der Waals surface area (Å²) < 4.78 is 6.03. The molecule has 0 aliphatic rings. The van der Waals surface area contributed by atoms with Gasteiger partial charge in [0.05, 0.1) is 17.5 Å². The van der Waals surface area contributed by atoms with Gasteiger partial charge in [0.15, 0.2) is 0 Å². The summed E-state index contributed by atoms with van der Waals surface area (Å²) in [6.45, 7) is 1.74. The molecule has 0 spiro atoms. The SMILES string of the molecule is COC(=O)n1c(C)cc2cc([N+](=O)[O-])ccc21. The number of carbonyl (C=O) groups is 1. The summed E-state index contributed by atoms with van der Waals surface area (Å²) in [7, 11) is 1.29. The standard InChI is InChI=1S/C11H10N2O4/c1-7-5-8-6-9(13(15)16)3-4-10(8)12(7)11(14)17-2/h3-6H,1-2H3. The number of nitrogens with zero attached hydrogens (tertiary/aromatic N) is 2. The van der Waals surface area contributed by atoms with E-state index in [0.717, 1.165) is 0 Å². The van der Waals surface area contributed by atoms with E-state index in [1.54, 1.807) is 13.0 Å². The molecule has 0 aliphatic heterocycles. The Labute approximate surface area is 96.6 Å². The number of hydrogen-bond donors (Lipinski definition) is 0. The Hall–Kier alpha value is -2.37. The van der Waals surface area contributed by atoms with Gasteiger partial charge in [-0.1, -0.05) is 0 Å². The van der Waals surface area contributed by atoms with E-state index < -0.39 is 11.0 Å². The highest BCUT2D eigenvalue weighted by atomic mass is 16.6. The van der Waals surface area contributed by atoms with Crippen molar-refractivity contribution in [3.8, 4) is 0 Å². The number of hydrogen-bond acceptors (Lipinski definition) is 4. The van der Waals surface area contributed by atoms with Crippen molar-refractivity contribution >= 4 is 22.7 Å². The van der Waals surface area contributed by atoms with Crippen molar-refractivity contribution in [3.63, 3.8) is 0 Å². The molecule has 6 heteroatoms. The third-order valence-corrected chi connectivity index (χ3v) is 2.54. The maximum Gasteiger partial charge on any atom is 0.418 e. The molecule has 6 nitrogen and oxygen atoms in total. The summed E-state index contributed by atoms with van der Waals surface area (Å²) in [6, 6.07) is 6.04. The van der Waals surface area contributed by atoms with E-state index in [1.165, 1.54) is 29.9 Å². The number of aromatic nitrogens is 1. The van der Waals surface area contributed by atoms with Crippen LogP contribution in [0.5, 0.6) is 0 Å². The maximum absolute atomic E-state index is 11.5. The van der Waals surface area contributed by atoms with Crippen LogP contribution in [-0.4, -0.2) is 22.7 Å². The molecule has 0 N–H and O–H groups in total. The predicted molar refractivity (Wildman–Crippen MR) is 61.1 cm³/mol. The highest BCUT2D eigenvalue weighted by Crippen LogP contribution is 2.24. The zero-order valence-electron chi connectivity index (χ0n) is 9.34. The molecular weight excluding hydrogens is 224 g/mol. The number of ether oxygens (including phenoxy) is 1. The number of carbonyl (C=O) groups excluding carboxylic acids is 1. The van der Waals surface area contributed by atoms with E-state index >= 15 is 0 Å². The molecule has 0 aliphatic carbocycles. The molecule has 0 unspecified atom stereocenters. The highest BCUT2D eigenvalue weighted by Gasteiger charge is 2.15. The smallest absolute Gasteiger partial charge is 0.418 e. The molecule has 0 bridgehead atoms. The van der Waals surface area contributed by atoms with E-state index in [0.29, 0.717) is 16.6 Å². The monoisotopic (exact) mass is 234 g/mol. The van der Waals surface area contributed by atoms with E-state index in [1.807, 2.05) is 0 Å². The molecule has 17 heavy (non-hydrogen) atoms. The molecule has 2 rings (SSSR count). The van der Waals surface area contributed by atoms with Crippen LogP contribution in [0.3, 0.4) is 0 Å². The van der Waals surface area contributed by atoms with Crippen LogP contribution < -0.4 is 0 Å². The lowest BCUT2D eigenvalue weighted by Crippen LogP contribution is -2.12. The molecule has 0 fully saturated rings. The summed E-state index contributed by atoms with van der Waals surface area (Å²) in [4.78, 5) is 21.7. The van der Waals surface area contributed by atoms with Gasteiger partial charge in [0.2, 0.25) is 0 Å². The Morgan fingerprint density at radius 1 is 1.41 bits per heavy atom. The normalized spacial score (nSPS) is 10.5. The Bertz CT molecular complexity index is 615. The number of rotatable bonds is 1. The molecule has 0 amide bonds. The van der Waals surface area contributed by atoms with Crippen molar-refractivity contribution in [1.29, 1.82) is 0 Å². The zero-order valence-corrected chi connectivity index (χ0v) is 9.34. The lowest BCUT2D eigenvalue weighted by Gasteiger charge is -2.03. The van der Waals surface area contributed by atoms with Gasteiger partial charge in [-0.05, 0) is 19.1 Å². The third-order valence-electron chi connectivity index (χ3n) is 2.54. The van der Waals surface area contributed by atoms with Crippen LogP contribution in [0.15, 0.2) is 24.3 Å². The Balaban J connectivity index is 2.68. The number of methoxy groups -OCH3 is 1. The lowest BCUT2D eigenvalue weighted by atomic mass is 10.2. The third kappa shape index (κ3) is 1.73. The minimum atomic E-state index is -0.508. The largest absolute Gasteiger partial charge is 0.452 e. The van der Waals surface area contributed by atoms with Crippen LogP contribution in [-0.2, 0) is 4.74 Å². The molecule has 0 saturated heterocycles. The van der Waals surface area contributed by atoms with Crippen LogP contribution in [0.1, 0.15) is 5.69 Å². The maximum atomic E-state index is 11.5. The second kappa shape index (κ2) is 3.89. The van der Waals surface area contributed by atoms with E-state index in [2.05, 4.69) is 4.74 Å². The number of nitro groups is 1. The first-order valence-corrected chi connectivity index (χ1v) is 4.89. The number of fused-ring (bicyclic) bond motifs is 1. The molecule has 0 saturated carbocycles. The van der Waals surface area contributed by atoms with Crippen LogP contribution in [0, 0.1) is 17.0 Å². The fourth-order valence-corrected chi connectivity index (χ4v) is 1.79. The van der Waals surface area contributed by atoms with E-state index in [9.17, 15) is 14.9 Å². The molecule has 1 heterocycles. The van der Waals surface area contributed by atoms with Crippen molar-refractivity contribution < 1.29 is 14.5 Å². The summed E-state index contributed by atoms with van der Waals surface area (Å²) >= 11 is 0. The van der Waals surface area contributed by atoms with Crippen molar-refractivity contribution in [2.45, 2.75) is 6.92 Å². The molecular formula is C11H10N2O4. The van der Waals surface area contributed by atoms with Crippen LogP contribution in [0.4, 0.5) is 10.5 Å². The average molecular weight is 234 g/mol. The average Bonchev–Trinajstić information content (AvgIpc) is 2.62. The molecule has 2 aromatic rings. The van der Waals surface area contributed by atoms with Crippen molar-refractivity contribution in [2.24, 2.45) is 0 Å². The first-order valence-electron chi connectivity index (χ1n) is 4.89. The summed E-state index contributed by atoms with van der Waals surface area (Å²) in [5.74, 6) is 0. The van der Waals surface area contributed by atoms with Crippen LogP contribution in [0.25, 0.3) is 10.9 Å². The second-order valence-electron chi connectivity index (χ2n) is 3.59. The van der Waals surface area contributed by atoms with Crippen LogP contribution in [0.2, 0.25) is 0 Å². The first-order chi connectivity index (χ1) is 8.04. The second-order valence-corrected chi connectivity index (χ2v) is 3.59. The van der Waals surface area contributed by atoms with Crippen molar-refractivity contribution in [2.75, 3.05) is 7.11 Å². The molecule has 1 aromatic carbocycles. The molecule has 0 radical (unpaired) electrons. The first kappa shape index (κ1) is 11.1. The van der Waals surface area contributed by atoms with Gasteiger partial charge < -0.3 is 4.74 Å². The Kier molecular flexibility index (Phi) is 2.55. The summed E-state index contributed by atoms with van der Waals surface area (Å²) in [6.07, 6.45) is -0.508. The zero-order chi connectivity index (χ0) is 12.6. The number of nitro benzene ring substituents is 1. The fourth-order valence-electron chi connectivity index (χ4n) is 1.79. The number of benzene rings is 1. The van der Waals surface area contributed by atoms with Crippen molar-refractivity contribution in [1.82, 2.24) is 4.57 Å². The summed E-state index contributed by atoms with van der Waals surface area (Å²) in [5.41, 5.74) is 1.27. The van der Waals surface area contributed by atoms with Gasteiger partial charge in [-0.2, -0.15) is 0 Å². The van der Waals surface area contributed by atoms with E-state index in [-0.39, 0.29) is 5.69 Å². The predicted octanol–water partition coefficient (Wildman–Crippen LogP) is 2.47. The number of non-ortho nitro benzene ring substituents is 1. The fraction of sp³-hybridized carbons (Fsp3) is 0.182. The lowest BCUT2D eigenvalue weighted by molar-refractivity contribution is -0.384. The van der Waals surface area contributed by atoms with Crippen molar-refractivity contribution in [3.05, 3.63) is 40.1 Å². The van der Waals surface area contributed by atoms with Gasteiger partial charge in [-0.25, -0.2) is 9.36 Å². The Morgan fingerprint density at radius 3 is 2.71 bits per heavy atom. The van der Waals surface area contributed by atoms with Gasteiger partial charge in [-0.3, -0.25) is 10.1 Å². The van der Waals surface area contributed by atoms with E-state index in [4.69, 9.17) is 0 Å². The molecule has 88 valence electrons. The molecule has 1 aromatic heterocycles.